The van der Waals surface area contributed by atoms with Crippen molar-refractivity contribution in [1.29, 1.82) is 0 Å². The average molecular weight is 459 g/mol. The van der Waals surface area contributed by atoms with E-state index in [0.29, 0.717) is 24.5 Å². The molecule has 1 heterocycles. The average Bonchev–Trinajstić information content (AvgIpc) is 3.28. The molecule has 0 aliphatic rings. The second-order valence-electron chi connectivity index (χ2n) is 8.27. The molecule has 0 saturated carbocycles. The lowest BCUT2D eigenvalue weighted by Gasteiger charge is -2.13. The Morgan fingerprint density at radius 1 is 0.882 bits per heavy atom. The van der Waals surface area contributed by atoms with Gasteiger partial charge in [-0.3, -0.25) is 4.79 Å². The Morgan fingerprint density at radius 2 is 1.59 bits per heavy atom. The van der Waals surface area contributed by atoms with E-state index < -0.39 is 5.97 Å². The number of aryl methyl sites for hydroxylation is 1. The van der Waals surface area contributed by atoms with E-state index in [9.17, 15) is 4.79 Å². The number of rotatable bonds is 12. The molecule has 3 aromatic carbocycles. The highest BCUT2D eigenvalue weighted by Crippen LogP contribution is 2.37. The van der Waals surface area contributed by atoms with Crippen molar-refractivity contribution in [2.75, 3.05) is 13.2 Å². The first kappa shape index (κ1) is 23.4. The van der Waals surface area contributed by atoms with Crippen LogP contribution in [0.3, 0.4) is 0 Å². The monoisotopic (exact) mass is 458 g/mol. The van der Waals surface area contributed by atoms with Gasteiger partial charge >= 0.3 is 5.97 Å². The summed E-state index contributed by atoms with van der Waals surface area (Å²) < 4.78 is 18.0. The molecule has 0 atom stereocenters. The molecule has 0 radical (unpaired) electrons. The van der Waals surface area contributed by atoms with Gasteiger partial charge in [-0.05, 0) is 43.0 Å². The molecule has 0 aliphatic heterocycles. The minimum atomic E-state index is -0.864. The number of hydrogen-bond acceptors (Lipinski definition) is 4. The molecular formula is C29H30O5. The Bertz CT molecular complexity index is 1230. The summed E-state index contributed by atoms with van der Waals surface area (Å²) in [4.78, 5) is 11.0. The third-order valence-corrected chi connectivity index (χ3v) is 5.76. The Kier molecular flexibility index (Phi) is 7.87. The van der Waals surface area contributed by atoms with Crippen LogP contribution < -0.4 is 9.47 Å². The van der Waals surface area contributed by atoms with E-state index in [0.717, 1.165) is 59.1 Å². The van der Waals surface area contributed by atoms with E-state index in [4.69, 9.17) is 19.0 Å². The molecule has 5 heteroatoms. The molecule has 0 saturated heterocycles. The van der Waals surface area contributed by atoms with E-state index in [-0.39, 0.29) is 6.42 Å². The lowest BCUT2D eigenvalue weighted by atomic mass is 10.0. The molecule has 5 nitrogen and oxygen atoms in total. The quantitative estimate of drug-likeness (QED) is 0.233. The van der Waals surface area contributed by atoms with Gasteiger partial charge in [0.15, 0.2) is 0 Å². The van der Waals surface area contributed by atoms with Gasteiger partial charge in [0, 0.05) is 22.1 Å². The van der Waals surface area contributed by atoms with Crippen molar-refractivity contribution in [3.05, 3.63) is 84.1 Å². The molecule has 34 heavy (non-hydrogen) atoms. The van der Waals surface area contributed by atoms with Crippen LogP contribution in [0, 0.1) is 0 Å². The topological polar surface area (TPSA) is 68.9 Å². The maximum atomic E-state index is 11.0. The first-order chi connectivity index (χ1) is 16.7. The van der Waals surface area contributed by atoms with Gasteiger partial charge in [0.2, 0.25) is 0 Å². The second-order valence-corrected chi connectivity index (χ2v) is 8.27. The molecule has 0 spiro atoms. The molecule has 176 valence electrons. The van der Waals surface area contributed by atoms with Crippen LogP contribution in [0.1, 0.15) is 37.3 Å². The number of benzene rings is 3. The van der Waals surface area contributed by atoms with E-state index in [1.807, 2.05) is 48.7 Å². The van der Waals surface area contributed by atoms with Crippen LogP contribution in [-0.4, -0.2) is 24.3 Å². The van der Waals surface area contributed by atoms with Gasteiger partial charge in [0.25, 0.3) is 0 Å². The molecule has 4 aromatic rings. The predicted molar refractivity (Wildman–Crippen MR) is 134 cm³/mol. The minimum Gasteiger partial charge on any atom is -0.493 e. The van der Waals surface area contributed by atoms with Crippen LogP contribution in [0.25, 0.3) is 22.1 Å². The van der Waals surface area contributed by atoms with Gasteiger partial charge in [-0.1, -0.05) is 61.9 Å². The van der Waals surface area contributed by atoms with Gasteiger partial charge in [0.05, 0.1) is 25.9 Å². The fraction of sp³-hybridized carbons (Fsp3) is 0.276. The number of ether oxygens (including phenoxy) is 2. The molecule has 0 bridgehead atoms. The summed E-state index contributed by atoms with van der Waals surface area (Å²) in [5.74, 6) is 0.640. The minimum absolute atomic E-state index is 0.0409. The summed E-state index contributed by atoms with van der Waals surface area (Å²) >= 11 is 0. The number of furan rings is 1. The molecule has 0 amide bonds. The Labute approximate surface area is 199 Å². The molecule has 0 fully saturated rings. The highest BCUT2D eigenvalue weighted by atomic mass is 16.5. The maximum absolute atomic E-state index is 11.0. The van der Waals surface area contributed by atoms with Crippen LogP contribution in [0.4, 0.5) is 0 Å². The first-order valence-electron chi connectivity index (χ1n) is 11.8. The van der Waals surface area contributed by atoms with Gasteiger partial charge in [0.1, 0.15) is 17.1 Å². The van der Waals surface area contributed by atoms with E-state index in [1.54, 1.807) is 6.07 Å². The maximum Gasteiger partial charge on any atom is 0.307 e. The Balaban J connectivity index is 1.36. The van der Waals surface area contributed by atoms with Gasteiger partial charge < -0.3 is 19.0 Å². The second kappa shape index (κ2) is 11.4. The lowest BCUT2D eigenvalue weighted by molar-refractivity contribution is -0.136. The number of carbonyl (C=O) groups is 1. The van der Waals surface area contributed by atoms with Crippen molar-refractivity contribution in [3.63, 3.8) is 0 Å². The van der Waals surface area contributed by atoms with Gasteiger partial charge in [-0.15, -0.1) is 0 Å². The van der Waals surface area contributed by atoms with Crippen molar-refractivity contribution in [2.45, 2.75) is 39.0 Å². The SMILES string of the molecule is CCCc1c(OCCCCOc2ccccc2CC(=O)O)ccc2c(-c3ccccc3)coc12. The standard InChI is InChI=1S/C29H30O5/c1-2-10-24-27(16-15-23-25(20-34-29(23)24)21-11-4-3-5-12-21)33-18-9-8-17-32-26-14-7-6-13-22(26)19-28(30)31/h3-7,11-16,20H,2,8-10,17-19H2,1H3,(H,30,31). The summed E-state index contributed by atoms with van der Waals surface area (Å²) in [6, 6.07) is 21.7. The summed E-state index contributed by atoms with van der Waals surface area (Å²) in [5, 5.41) is 10.2. The van der Waals surface area contributed by atoms with Crippen LogP contribution >= 0.6 is 0 Å². The highest BCUT2D eigenvalue weighted by Gasteiger charge is 2.15. The number of unbranched alkanes of at least 4 members (excludes halogenated alkanes) is 1. The molecule has 0 aliphatic carbocycles. The number of carboxylic acids is 1. The fourth-order valence-corrected chi connectivity index (χ4v) is 4.12. The third-order valence-electron chi connectivity index (χ3n) is 5.76. The highest BCUT2D eigenvalue weighted by molar-refractivity contribution is 5.96. The van der Waals surface area contributed by atoms with Crippen molar-refractivity contribution in [1.82, 2.24) is 0 Å². The summed E-state index contributed by atoms with van der Waals surface area (Å²) in [6.07, 6.45) is 5.32. The molecule has 4 rings (SSSR count). The number of fused-ring (bicyclic) bond motifs is 1. The number of carboxylic acid groups (broad SMARTS) is 1. The van der Waals surface area contributed by atoms with E-state index in [1.165, 1.54) is 0 Å². The predicted octanol–water partition coefficient (Wildman–Crippen LogP) is 6.92. The zero-order valence-electron chi connectivity index (χ0n) is 19.5. The van der Waals surface area contributed by atoms with Crippen molar-refractivity contribution < 1.29 is 23.8 Å². The number of aliphatic carboxylic acids is 1. The Morgan fingerprint density at radius 3 is 2.32 bits per heavy atom. The molecule has 0 unspecified atom stereocenters. The van der Waals surface area contributed by atoms with Crippen molar-refractivity contribution in [2.24, 2.45) is 0 Å². The molecule has 1 N–H and O–H groups in total. The smallest absolute Gasteiger partial charge is 0.307 e. The summed E-state index contributed by atoms with van der Waals surface area (Å²) in [7, 11) is 0. The molecular weight excluding hydrogens is 428 g/mol. The normalized spacial score (nSPS) is 11.0. The third kappa shape index (κ3) is 5.60. The summed E-state index contributed by atoms with van der Waals surface area (Å²) in [5.41, 5.74) is 4.94. The molecule has 1 aromatic heterocycles. The van der Waals surface area contributed by atoms with Crippen LogP contribution in [0.2, 0.25) is 0 Å². The van der Waals surface area contributed by atoms with E-state index in [2.05, 4.69) is 25.1 Å². The van der Waals surface area contributed by atoms with E-state index >= 15 is 0 Å². The number of hydrogen-bond donors (Lipinski definition) is 1. The fourth-order valence-electron chi connectivity index (χ4n) is 4.12. The zero-order valence-corrected chi connectivity index (χ0v) is 19.5. The number of para-hydroxylation sites is 1. The summed E-state index contributed by atoms with van der Waals surface area (Å²) in [6.45, 7) is 3.25. The first-order valence-corrected chi connectivity index (χ1v) is 11.8. The zero-order chi connectivity index (χ0) is 23.8. The van der Waals surface area contributed by atoms with Crippen molar-refractivity contribution in [3.8, 4) is 22.6 Å². The largest absolute Gasteiger partial charge is 0.493 e. The van der Waals surface area contributed by atoms with Gasteiger partial charge in [-0.2, -0.15) is 0 Å². The van der Waals surface area contributed by atoms with Crippen LogP contribution in [0.5, 0.6) is 11.5 Å². The van der Waals surface area contributed by atoms with Crippen molar-refractivity contribution >= 4 is 16.9 Å². The Hall–Kier alpha value is -3.73. The lowest BCUT2D eigenvalue weighted by Crippen LogP contribution is -2.06. The van der Waals surface area contributed by atoms with Crippen LogP contribution in [-0.2, 0) is 17.6 Å². The van der Waals surface area contributed by atoms with Crippen LogP contribution in [0.15, 0.2) is 77.4 Å². The van der Waals surface area contributed by atoms with Gasteiger partial charge in [-0.25, -0.2) is 0 Å².